The highest BCUT2D eigenvalue weighted by atomic mass is 32.1. The highest BCUT2D eigenvalue weighted by molar-refractivity contribution is 7.11. The molecule has 1 heterocycles. The maximum absolute atomic E-state index is 9.31. The van der Waals surface area contributed by atoms with Crippen LogP contribution in [-0.2, 0) is 0 Å². The lowest BCUT2D eigenvalue weighted by Gasteiger charge is -2.20. The quantitative estimate of drug-likeness (QED) is 0.834. The third kappa shape index (κ3) is 3.85. The molecule has 1 aromatic heterocycles. The molecule has 0 aliphatic carbocycles. The van der Waals surface area contributed by atoms with E-state index in [-0.39, 0.29) is 12.1 Å². The zero-order valence-corrected chi connectivity index (χ0v) is 11.6. The van der Waals surface area contributed by atoms with Gasteiger partial charge in [0.25, 0.3) is 0 Å². The molecule has 2 N–H and O–H groups in total. The molecule has 1 aromatic rings. The number of thiazole rings is 1. The maximum Gasteiger partial charge on any atom is 0.0900 e. The number of hydrogen-bond donors (Lipinski definition) is 2. The van der Waals surface area contributed by atoms with Crippen LogP contribution < -0.4 is 5.32 Å². The SMILES string of the molecule is Cc1nc(C(C)NC(C)CC(C)O)c(C)s1. The van der Waals surface area contributed by atoms with Crippen LogP contribution in [0, 0.1) is 13.8 Å². The molecule has 1 rings (SSSR count). The van der Waals surface area contributed by atoms with Crippen molar-refractivity contribution in [1.82, 2.24) is 10.3 Å². The number of nitrogens with zero attached hydrogens (tertiary/aromatic N) is 1. The lowest BCUT2D eigenvalue weighted by Crippen LogP contribution is -2.32. The molecule has 3 nitrogen and oxygen atoms in total. The Kier molecular flexibility index (Phi) is 4.89. The molecule has 0 fully saturated rings. The molecular formula is C12H22N2OS. The van der Waals surface area contributed by atoms with Gasteiger partial charge >= 0.3 is 0 Å². The van der Waals surface area contributed by atoms with Gasteiger partial charge in [-0.1, -0.05) is 0 Å². The predicted molar refractivity (Wildman–Crippen MR) is 68.9 cm³/mol. The number of aliphatic hydroxyl groups is 1. The monoisotopic (exact) mass is 242 g/mol. The molecule has 0 aromatic carbocycles. The van der Waals surface area contributed by atoms with Gasteiger partial charge in [0.1, 0.15) is 0 Å². The lowest BCUT2D eigenvalue weighted by atomic mass is 10.1. The molecule has 3 atom stereocenters. The molecule has 0 aliphatic rings. The Balaban J connectivity index is 2.58. The predicted octanol–water partition coefficient (Wildman–Crippen LogP) is 2.57. The summed E-state index contributed by atoms with van der Waals surface area (Å²) >= 11 is 1.74. The van der Waals surface area contributed by atoms with E-state index in [4.69, 9.17) is 0 Å². The van der Waals surface area contributed by atoms with E-state index in [1.54, 1.807) is 11.3 Å². The minimum atomic E-state index is -0.257. The molecule has 0 saturated carbocycles. The van der Waals surface area contributed by atoms with Crippen molar-refractivity contribution in [3.63, 3.8) is 0 Å². The van der Waals surface area contributed by atoms with Gasteiger partial charge in [-0.05, 0) is 41.0 Å². The standard InChI is InChI=1S/C12H22N2OS/c1-7(6-8(2)15)13-9(3)12-10(4)16-11(5)14-12/h7-9,13,15H,6H2,1-5H3. The normalized spacial score (nSPS) is 17.1. The molecule has 0 spiro atoms. The molecular weight excluding hydrogens is 220 g/mol. The van der Waals surface area contributed by atoms with Gasteiger partial charge in [0.2, 0.25) is 0 Å². The van der Waals surface area contributed by atoms with Crippen LogP contribution in [-0.4, -0.2) is 22.2 Å². The summed E-state index contributed by atoms with van der Waals surface area (Å²) in [5.74, 6) is 0. The zero-order valence-electron chi connectivity index (χ0n) is 10.7. The molecule has 0 saturated heterocycles. The van der Waals surface area contributed by atoms with Crippen molar-refractivity contribution >= 4 is 11.3 Å². The molecule has 0 amide bonds. The van der Waals surface area contributed by atoms with Gasteiger partial charge in [0.15, 0.2) is 0 Å². The van der Waals surface area contributed by atoms with Crippen LogP contribution in [0.25, 0.3) is 0 Å². The Morgan fingerprint density at radius 1 is 1.31 bits per heavy atom. The number of hydrogen-bond acceptors (Lipinski definition) is 4. The Hall–Kier alpha value is -0.450. The third-order valence-corrected chi connectivity index (χ3v) is 3.48. The van der Waals surface area contributed by atoms with Gasteiger partial charge in [-0.15, -0.1) is 11.3 Å². The number of aromatic nitrogens is 1. The van der Waals surface area contributed by atoms with E-state index in [0.717, 1.165) is 17.1 Å². The fraction of sp³-hybridized carbons (Fsp3) is 0.750. The second kappa shape index (κ2) is 5.75. The summed E-state index contributed by atoms with van der Waals surface area (Å²) in [4.78, 5) is 5.82. The second-order valence-corrected chi connectivity index (χ2v) is 5.96. The Morgan fingerprint density at radius 2 is 1.94 bits per heavy atom. The van der Waals surface area contributed by atoms with Crippen molar-refractivity contribution in [2.24, 2.45) is 0 Å². The first-order valence-electron chi connectivity index (χ1n) is 5.78. The summed E-state index contributed by atoms with van der Waals surface area (Å²) in [5.41, 5.74) is 1.14. The van der Waals surface area contributed by atoms with Crippen LogP contribution in [0.3, 0.4) is 0 Å². The lowest BCUT2D eigenvalue weighted by molar-refractivity contribution is 0.168. The van der Waals surface area contributed by atoms with Crippen molar-refractivity contribution in [3.05, 3.63) is 15.6 Å². The van der Waals surface area contributed by atoms with Crippen molar-refractivity contribution in [2.75, 3.05) is 0 Å². The number of nitrogens with one attached hydrogen (secondary N) is 1. The van der Waals surface area contributed by atoms with Crippen LogP contribution in [0.1, 0.15) is 48.8 Å². The van der Waals surface area contributed by atoms with Crippen molar-refractivity contribution in [2.45, 2.75) is 59.2 Å². The summed E-state index contributed by atoms with van der Waals surface area (Å²) in [6.07, 6.45) is 0.514. The fourth-order valence-electron chi connectivity index (χ4n) is 2.03. The highest BCUT2D eigenvalue weighted by Gasteiger charge is 2.15. The molecule has 16 heavy (non-hydrogen) atoms. The average molecular weight is 242 g/mol. The van der Waals surface area contributed by atoms with Crippen LogP contribution in [0.15, 0.2) is 0 Å². The summed E-state index contributed by atoms with van der Waals surface area (Å²) in [5, 5.41) is 13.9. The molecule has 4 heteroatoms. The summed E-state index contributed by atoms with van der Waals surface area (Å²) in [6, 6.07) is 0.551. The van der Waals surface area contributed by atoms with Crippen LogP contribution in [0.2, 0.25) is 0 Å². The minimum Gasteiger partial charge on any atom is -0.393 e. The van der Waals surface area contributed by atoms with E-state index in [9.17, 15) is 5.11 Å². The Bertz CT molecular complexity index is 336. The van der Waals surface area contributed by atoms with E-state index in [1.165, 1.54) is 4.88 Å². The summed E-state index contributed by atoms with van der Waals surface area (Å²) < 4.78 is 0. The molecule has 0 aliphatic heterocycles. The largest absolute Gasteiger partial charge is 0.393 e. The fourth-order valence-corrected chi connectivity index (χ4v) is 2.95. The number of aryl methyl sites for hydroxylation is 2. The number of aliphatic hydroxyl groups excluding tert-OH is 1. The highest BCUT2D eigenvalue weighted by Crippen LogP contribution is 2.22. The Labute approximate surface area is 102 Å². The molecule has 92 valence electrons. The zero-order chi connectivity index (χ0) is 12.3. The van der Waals surface area contributed by atoms with Gasteiger partial charge in [0, 0.05) is 17.0 Å². The van der Waals surface area contributed by atoms with E-state index in [2.05, 4.69) is 31.1 Å². The second-order valence-electron chi connectivity index (χ2n) is 4.55. The van der Waals surface area contributed by atoms with E-state index in [1.807, 2.05) is 13.8 Å². The first kappa shape index (κ1) is 13.6. The number of rotatable bonds is 5. The van der Waals surface area contributed by atoms with Crippen LogP contribution in [0.4, 0.5) is 0 Å². The molecule has 0 bridgehead atoms. The van der Waals surface area contributed by atoms with Gasteiger partial charge in [0.05, 0.1) is 16.8 Å². The third-order valence-electron chi connectivity index (χ3n) is 2.58. The van der Waals surface area contributed by atoms with E-state index < -0.39 is 0 Å². The van der Waals surface area contributed by atoms with Crippen molar-refractivity contribution in [3.8, 4) is 0 Å². The first-order chi connectivity index (χ1) is 7.40. The molecule has 3 unspecified atom stereocenters. The van der Waals surface area contributed by atoms with Gasteiger partial charge < -0.3 is 10.4 Å². The smallest absolute Gasteiger partial charge is 0.0900 e. The minimum absolute atomic E-state index is 0.249. The summed E-state index contributed by atoms with van der Waals surface area (Å²) in [7, 11) is 0. The Morgan fingerprint density at radius 3 is 2.38 bits per heavy atom. The van der Waals surface area contributed by atoms with Gasteiger partial charge in [-0.3, -0.25) is 0 Å². The van der Waals surface area contributed by atoms with Gasteiger partial charge in [-0.25, -0.2) is 4.98 Å². The van der Waals surface area contributed by atoms with Crippen molar-refractivity contribution in [1.29, 1.82) is 0 Å². The first-order valence-corrected chi connectivity index (χ1v) is 6.59. The van der Waals surface area contributed by atoms with E-state index in [0.29, 0.717) is 6.04 Å². The maximum atomic E-state index is 9.31. The van der Waals surface area contributed by atoms with Crippen molar-refractivity contribution < 1.29 is 5.11 Å². The summed E-state index contributed by atoms with van der Waals surface area (Å²) in [6.45, 7) is 10.2. The van der Waals surface area contributed by atoms with E-state index >= 15 is 0 Å². The van der Waals surface area contributed by atoms with Crippen LogP contribution >= 0.6 is 11.3 Å². The topological polar surface area (TPSA) is 45.2 Å². The van der Waals surface area contributed by atoms with Gasteiger partial charge in [-0.2, -0.15) is 0 Å². The molecule has 0 radical (unpaired) electrons. The average Bonchev–Trinajstić information content (AvgIpc) is 2.43. The van der Waals surface area contributed by atoms with Crippen LogP contribution in [0.5, 0.6) is 0 Å².